The molecule has 5 nitrogen and oxygen atoms in total. The lowest BCUT2D eigenvalue weighted by molar-refractivity contribution is 0.0695. The minimum Gasteiger partial charge on any atom is -0.478 e. The van der Waals surface area contributed by atoms with E-state index >= 15 is 0 Å². The highest BCUT2D eigenvalue weighted by Crippen LogP contribution is 2.23. The maximum Gasteiger partial charge on any atom is 0.335 e. The van der Waals surface area contributed by atoms with Crippen LogP contribution >= 0.6 is 11.6 Å². The van der Waals surface area contributed by atoms with Crippen molar-refractivity contribution >= 4 is 40.6 Å². The fraction of sp³-hybridized carbons (Fsp3) is 0.111. The molecule has 4 aromatic rings. The van der Waals surface area contributed by atoms with Crippen LogP contribution in [0.5, 0.6) is 0 Å². The van der Waals surface area contributed by atoms with Gasteiger partial charge in [0.25, 0.3) is 0 Å². The summed E-state index contributed by atoms with van der Waals surface area (Å²) < 4.78 is 0. The third kappa shape index (κ3) is 6.05. The van der Waals surface area contributed by atoms with Gasteiger partial charge in [-0.2, -0.15) is 0 Å². The number of carbonyl (C=O) groups is 1. The van der Waals surface area contributed by atoms with Crippen molar-refractivity contribution in [2.24, 2.45) is 0 Å². The predicted molar refractivity (Wildman–Crippen MR) is 132 cm³/mol. The quantitative estimate of drug-likeness (QED) is 0.374. The molecule has 0 saturated carbocycles. The highest BCUT2D eigenvalue weighted by Gasteiger charge is 2.12. The number of aromatic nitrogens is 1. The Morgan fingerprint density at radius 2 is 1.76 bits per heavy atom. The topological polar surface area (TPSA) is 102 Å². The lowest BCUT2D eigenvalue weighted by atomic mass is 9.97. The molecule has 0 spiro atoms. The summed E-state index contributed by atoms with van der Waals surface area (Å²) in [6.07, 6.45) is 4.10. The number of halogens is 1. The molecule has 33 heavy (non-hydrogen) atoms. The molecule has 0 aliphatic carbocycles. The third-order valence-corrected chi connectivity index (χ3v) is 5.59. The van der Waals surface area contributed by atoms with Gasteiger partial charge in [-0.3, -0.25) is 0 Å². The molecule has 4 N–H and O–H groups in total. The Kier molecular flexibility index (Phi) is 7.96. The van der Waals surface area contributed by atoms with Crippen LogP contribution in [0.2, 0.25) is 5.02 Å². The number of aliphatic hydroxyl groups excluding tert-OH is 1. The van der Waals surface area contributed by atoms with E-state index in [4.69, 9.17) is 11.6 Å². The normalized spacial score (nSPS) is 11.9. The number of fused-ring (bicyclic) bond motifs is 1. The number of aliphatic hydroxyl groups is 1. The van der Waals surface area contributed by atoms with E-state index in [9.17, 15) is 15.0 Å². The molecule has 0 aliphatic rings. The molecule has 6 heteroatoms. The van der Waals surface area contributed by atoms with Gasteiger partial charge in [0.05, 0.1) is 22.9 Å². The summed E-state index contributed by atoms with van der Waals surface area (Å²) in [7, 11) is 0. The van der Waals surface area contributed by atoms with Crippen molar-refractivity contribution in [1.82, 2.24) is 4.98 Å². The van der Waals surface area contributed by atoms with Gasteiger partial charge in [-0.1, -0.05) is 66.2 Å². The van der Waals surface area contributed by atoms with Crippen molar-refractivity contribution in [1.29, 1.82) is 0 Å². The maximum absolute atomic E-state index is 11.4. The van der Waals surface area contributed by atoms with Gasteiger partial charge in [-0.05, 0) is 65.9 Å². The number of pyridine rings is 1. The number of hydrogen-bond donors (Lipinski definition) is 2. The average molecular weight is 462 g/mol. The van der Waals surface area contributed by atoms with Crippen molar-refractivity contribution in [3.8, 4) is 0 Å². The standard InChI is InChI=1S/C27H22ClNO3.H2O/c28-22-12-9-20-10-14-23(29-25(20)17-22)13-8-18-4-3-6-21(16-18)26(30)15-11-19-5-1-2-7-24(19)27(31)32;/h1-10,12-14,16-17,26,30H,11,15H2,(H,31,32);1H2/b13-8+;. The fourth-order valence-electron chi connectivity index (χ4n) is 3.66. The molecule has 4 rings (SSSR count). The van der Waals surface area contributed by atoms with E-state index in [2.05, 4.69) is 4.98 Å². The number of rotatable bonds is 7. The van der Waals surface area contributed by atoms with Gasteiger partial charge >= 0.3 is 5.97 Å². The van der Waals surface area contributed by atoms with Crippen LogP contribution in [0.4, 0.5) is 0 Å². The van der Waals surface area contributed by atoms with E-state index in [-0.39, 0.29) is 11.0 Å². The van der Waals surface area contributed by atoms with Gasteiger partial charge in [-0.25, -0.2) is 9.78 Å². The summed E-state index contributed by atoms with van der Waals surface area (Å²) >= 11 is 6.07. The third-order valence-electron chi connectivity index (χ3n) is 5.35. The lowest BCUT2D eigenvalue weighted by Crippen LogP contribution is -2.05. The first-order valence-corrected chi connectivity index (χ1v) is 10.7. The van der Waals surface area contributed by atoms with Crippen molar-refractivity contribution in [2.45, 2.75) is 18.9 Å². The molecule has 0 amide bonds. The second kappa shape index (κ2) is 10.9. The van der Waals surface area contributed by atoms with Crippen LogP contribution in [0.3, 0.4) is 0 Å². The van der Waals surface area contributed by atoms with Crippen molar-refractivity contribution in [3.05, 3.63) is 112 Å². The smallest absolute Gasteiger partial charge is 0.335 e. The zero-order valence-corrected chi connectivity index (χ0v) is 18.5. The molecule has 1 heterocycles. The first-order valence-electron chi connectivity index (χ1n) is 10.3. The first kappa shape index (κ1) is 24.1. The van der Waals surface area contributed by atoms with Gasteiger partial charge in [-0.15, -0.1) is 0 Å². The largest absolute Gasteiger partial charge is 0.478 e. The molecule has 1 atom stereocenters. The molecule has 168 valence electrons. The molecule has 3 aromatic carbocycles. The summed E-state index contributed by atoms with van der Waals surface area (Å²) in [6, 6.07) is 24.2. The summed E-state index contributed by atoms with van der Waals surface area (Å²) in [5.41, 5.74) is 4.39. The van der Waals surface area contributed by atoms with E-state index in [0.29, 0.717) is 17.9 Å². The van der Waals surface area contributed by atoms with Crippen LogP contribution < -0.4 is 0 Å². The van der Waals surface area contributed by atoms with Crippen LogP contribution in [-0.2, 0) is 6.42 Å². The van der Waals surface area contributed by atoms with E-state index in [1.807, 2.05) is 72.8 Å². The molecule has 0 saturated heterocycles. The molecule has 1 unspecified atom stereocenters. The second-order valence-corrected chi connectivity index (χ2v) is 8.03. The van der Waals surface area contributed by atoms with Crippen molar-refractivity contribution in [3.63, 3.8) is 0 Å². The number of benzene rings is 3. The molecule has 0 radical (unpaired) electrons. The number of aromatic carboxylic acids is 1. The number of aryl methyl sites for hydroxylation is 1. The minimum atomic E-state index is -0.952. The number of nitrogens with zero attached hydrogens (tertiary/aromatic N) is 1. The first-order chi connectivity index (χ1) is 15.5. The average Bonchev–Trinajstić information content (AvgIpc) is 2.81. The maximum atomic E-state index is 11.4. The van der Waals surface area contributed by atoms with Crippen LogP contribution in [0.15, 0.2) is 78.9 Å². The second-order valence-electron chi connectivity index (χ2n) is 7.59. The van der Waals surface area contributed by atoms with E-state index in [1.54, 1.807) is 18.2 Å². The Labute approximate surface area is 196 Å². The highest BCUT2D eigenvalue weighted by atomic mass is 35.5. The number of carboxylic acids is 1. The molecule has 0 aliphatic heterocycles. The Hall–Kier alpha value is -3.51. The summed E-state index contributed by atoms with van der Waals surface area (Å²) in [5.74, 6) is -0.952. The van der Waals surface area contributed by atoms with Gasteiger partial charge in [0.2, 0.25) is 0 Å². The lowest BCUT2D eigenvalue weighted by Gasteiger charge is -2.13. The zero-order chi connectivity index (χ0) is 22.5. The zero-order valence-electron chi connectivity index (χ0n) is 17.8. The number of carboxylic acid groups (broad SMARTS) is 1. The Morgan fingerprint density at radius 3 is 2.58 bits per heavy atom. The van der Waals surface area contributed by atoms with Gasteiger partial charge < -0.3 is 15.7 Å². The van der Waals surface area contributed by atoms with Crippen LogP contribution in [-0.4, -0.2) is 26.6 Å². The molecule has 0 fully saturated rings. The number of hydrogen-bond acceptors (Lipinski definition) is 3. The van der Waals surface area contributed by atoms with Crippen LogP contribution in [0.25, 0.3) is 23.1 Å². The fourth-order valence-corrected chi connectivity index (χ4v) is 3.82. The van der Waals surface area contributed by atoms with Crippen molar-refractivity contribution < 1.29 is 20.5 Å². The van der Waals surface area contributed by atoms with E-state index in [0.717, 1.165) is 33.3 Å². The Morgan fingerprint density at radius 1 is 0.970 bits per heavy atom. The summed E-state index contributed by atoms with van der Waals surface area (Å²) in [4.78, 5) is 16.0. The molecular weight excluding hydrogens is 438 g/mol. The predicted octanol–water partition coefficient (Wildman–Crippen LogP) is 5.60. The molecule has 0 bridgehead atoms. The van der Waals surface area contributed by atoms with Gasteiger partial charge in [0.15, 0.2) is 0 Å². The van der Waals surface area contributed by atoms with Crippen molar-refractivity contribution in [2.75, 3.05) is 0 Å². The molecule has 1 aromatic heterocycles. The summed E-state index contributed by atoms with van der Waals surface area (Å²) in [5, 5.41) is 21.7. The van der Waals surface area contributed by atoms with Crippen LogP contribution in [0, 0.1) is 0 Å². The van der Waals surface area contributed by atoms with Gasteiger partial charge in [0, 0.05) is 10.4 Å². The van der Waals surface area contributed by atoms with Gasteiger partial charge in [0.1, 0.15) is 0 Å². The Balaban J connectivity index is 0.00000306. The summed E-state index contributed by atoms with van der Waals surface area (Å²) in [6.45, 7) is 0. The molecular formula is C27H24ClNO4. The SMILES string of the molecule is O.O=C(O)c1ccccc1CCC(O)c1cccc(/C=C/c2ccc3ccc(Cl)cc3n2)c1. The van der Waals surface area contributed by atoms with Crippen LogP contribution in [0.1, 0.15) is 45.3 Å². The monoisotopic (exact) mass is 461 g/mol. The van der Waals surface area contributed by atoms with E-state index in [1.165, 1.54) is 0 Å². The van der Waals surface area contributed by atoms with E-state index < -0.39 is 12.1 Å². The Bertz CT molecular complexity index is 1300. The highest BCUT2D eigenvalue weighted by molar-refractivity contribution is 6.31. The minimum absolute atomic E-state index is 0.